The van der Waals surface area contributed by atoms with Crippen molar-refractivity contribution in [3.05, 3.63) is 70.5 Å². The fourth-order valence-electron chi connectivity index (χ4n) is 2.77. The number of carboxylic acids is 1. The number of hydrogen-bond donors (Lipinski definition) is 0. The number of halogens is 4. The minimum atomic E-state index is -5.17. The van der Waals surface area contributed by atoms with Gasteiger partial charge in [-0.15, -0.1) is 0 Å². The van der Waals surface area contributed by atoms with E-state index in [0.717, 1.165) is 18.2 Å². The average molecular weight is 374 g/mol. The van der Waals surface area contributed by atoms with Crippen molar-refractivity contribution in [3.63, 3.8) is 0 Å². The van der Waals surface area contributed by atoms with Gasteiger partial charge in [-0.05, 0) is 30.7 Å². The van der Waals surface area contributed by atoms with Crippen LogP contribution in [0, 0.1) is 12.7 Å². The maximum Gasteiger partial charge on any atom is 1.00 e. The fraction of sp³-hybridized carbons (Fsp3) is 0.167. The van der Waals surface area contributed by atoms with Crippen LogP contribution in [-0.4, -0.2) is 12.1 Å². The summed E-state index contributed by atoms with van der Waals surface area (Å²) in [6, 6.07) is 8.43. The summed E-state index contributed by atoms with van der Waals surface area (Å²) in [5, 5.41) is 11.5. The smallest absolute Gasteiger partial charge is 0.545 e. The zero-order valence-corrected chi connectivity index (χ0v) is 15.9. The molecular formula is C18H11F4NaO3. The first kappa shape index (κ1) is 20.5. The number of ether oxygens (including phenoxy) is 1. The molecule has 1 aliphatic rings. The molecule has 0 bridgehead atoms. The molecule has 0 radical (unpaired) electrons. The molecule has 0 N–H and O–H groups in total. The Morgan fingerprint density at radius 1 is 1.15 bits per heavy atom. The third-order valence-corrected chi connectivity index (χ3v) is 4.06. The van der Waals surface area contributed by atoms with Crippen molar-refractivity contribution in [2.24, 2.45) is 0 Å². The van der Waals surface area contributed by atoms with E-state index in [4.69, 9.17) is 4.74 Å². The van der Waals surface area contributed by atoms with E-state index in [-0.39, 0.29) is 46.4 Å². The van der Waals surface area contributed by atoms with Crippen LogP contribution < -0.4 is 39.4 Å². The standard InChI is InChI=1S/C18H12F4O3.Na/c1-10-6-7-12(9-14(10)19)17(18(20,21)22)13(16(23)24)8-11-4-2-3-5-15(11)25-17;/h2-9H,1H3,(H,23,24);/q;+1/p-1. The molecule has 0 saturated carbocycles. The summed E-state index contributed by atoms with van der Waals surface area (Å²) in [6.45, 7) is 1.38. The number of carbonyl (C=O) groups excluding carboxylic acids is 1. The first-order chi connectivity index (χ1) is 11.7. The Balaban J connectivity index is 0.00000243. The van der Waals surface area contributed by atoms with Crippen molar-refractivity contribution >= 4 is 12.0 Å². The van der Waals surface area contributed by atoms with E-state index in [9.17, 15) is 27.5 Å². The van der Waals surface area contributed by atoms with Crippen molar-refractivity contribution in [1.82, 2.24) is 0 Å². The molecule has 0 amide bonds. The number of alkyl halides is 3. The van der Waals surface area contributed by atoms with Crippen LogP contribution in [0.1, 0.15) is 16.7 Å². The first-order valence-electron chi connectivity index (χ1n) is 7.22. The summed E-state index contributed by atoms with van der Waals surface area (Å²) in [5.74, 6) is -3.11. The molecule has 0 saturated heterocycles. The molecule has 2 aromatic carbocycles. The maximum absolute atomic E-state index is 14.0. The Morgan fingerprint density at radius 2 is 1.81 bits per heavy atom. The van der Waals surface area contributed by atoms with E-state index in [1.165, 1.54) is 31.2 Å². The largest absolute Gasteiger partial charge is 1.00 e. The number of carbonyl (C=O) groups is 1. The van der Waals surface area contributed by atoms with Gasteiger partial charge in [-0.3, -0.25) is 0 Å². The Hall–Kier alpha value is -1.83. The number of hydrogen-bond acceptors (Lipinski definition) is 3. The van der Waals surface area contributed by atoms with Gasteiger partial charge in [0, 0.05) is 16.7 Å². The topological polar surface area (TPSA) is 49.4 Å². The zero-order chi connectivity index (χ0) is 18.4. The van der Waals surface area contributed by atoms with Crippen LogP contribution in [-0.2, 0) is 10.4 Å². The third-order valence-electron chi connectivity index (χ3n) is 4.06. The number of carboxylic acid groups (broad SMARTS) is 1. The third kappa shape index (κ3) is 3.15. The van der Waals surface area contributed by atoms with Crippen molar-refractivity contribution in [3.8, 4) is 5.75 Å². The molecule has 1 heterocycles. The van der Waals surface area contributed by atoms with Gasteiger partial charge in [-0.25, -0.2) is 4.39 Å². The van der Waals surface area contributed by atoms with Gasteiger partial charge in [0.15, 0.2) is 0 Å². The van der Waals surface area contributed by atoms with Crippen LogP contribution in [0.4, 0.5) is 17.6 Å². The summed E-state index contributed by atoms with van der Waals surface area (Å²) in [4.78, 5) is 11.5. The number of rotatable bonds is 2. The fourth-order valence-corrected chi connectivity index (χ4v) is 2.77. The number of para-hydroxylation sites is 1. The number of benzene rings is 2. The van der Waals surface area contributed by atoms with Crippen molar-refractivity contribution in [2.45, 2.75) is 18.7 Å². The first-order valence-corrected chi connectivity index (χ1v) is 7.22. The minimum Gasteiger partial charge on any atom is -0.545 e. The van der Waals surface area contributed by atoms with Crippen molar-refractivity contribution < 1.29 is 61.8 Å². The van der Waals surface area contributed by atoms with E-state index in [1.807, 2.05) is 0 Å². The Kier molecular flexibility index (Phi) is 5.56. The number of aryl methyl sites for hydroxylation is 1. The van der Waals surface area contributed by atoms with E-state index < -0.39 is 34.7 Å². The van der Waals surface area contributed by atoms with Crippen molar-refractivity contribution in [1.29, 1.82) is 0 Å². The normalized spacial score (nSPS) is 18.9. The van der Waals surface area contributed by atoms with Gasteiger partial charge in [0.1, 0.15) is 11.6 Å². The molecule has 3 nitrogen and oxygen atoms in total. The Morgan fingerprint density at radius 3 is 2.38 bits per heavy atom. The van der Waals surface area contributed by atoms with Gasteiger partial charge in [0.25, 0.3) is 5.60 Å². The molecule has 1 atom stereocenters. The van der Waals surface area contributed by atoms with E-state index in [2.05, 4.69) is 0 Å². The van der Waals surface area contributed by atoms with Gasteiger partial charge in [-0.1, -0.05) is 30.3 Å². The van der Waals surface area contributed by atoms with Gasteiger partial charge < -0.3 is 14.6 Å². The second-order valence-corrected chi connectivity index (χ2v) is 5.63. The summed E-state index contributed by atoms with van der Waals surface area (Å²) in [7, 11) is 0. The number of fused-ring (bicyclic) bond motifs is 1. The quantitative estimate of drug-likeness (QED) is 0.555. The monoisotopic (exact) mass is 374 g/mol. The molecule has 3 rings (SSSR count). The molecular weight excluding hydrogens is 363 g/mol. The molecule has 1 unspecified atom stereocenters. The van der Waals surface area contributed by atoms with Crippen LogP contribution in [0.15, 0.2) is 48.0 Å². The van der Waals surface area contributed by atoms with Crippen LogP contribution in [0.25, 0.3) is 6.08 Å². The Bertz CT molecular complexity index is 892. The van der Waals surface area contributed by atoms with Gasteiger partial charge in [-0.2, -0.15) is 13.2 Å². The van der Waals surface area contributed by atoms with E-state index >= 15 is 0 Å². The second kappa shape index (κ2) is 7.06. The van der Waals surface area contributed by atoms with Crippen LogP contribution >= 0.6 is 0 Å². The molecule has 0 aromatic heterocycles. The molecule has 0 fully saturated rings. The molecule has 26 heavy (non-hydrogen) atoms. The van der Waals surface area contributed by atoms with Crippen LogP contribution in [0.3, 0.4) is 0 Å². The molecule has 1 aliphatic heterocycles. The molecule has 0 aliphatic carbocycles. The van der Waals surface area contributed by atoms with E-state index in [0.29, 0.717) is 6.07 Å². The SMILES string of the molecule is Cc1ccc(C2(C(F)(F)F)Oc3ccccc3C=C2C(=O)[O-])cc1F.[Na+]. The van der Waals surface area contributed by atoms with Gasteiger partial charge >= 0.3 is 35.7 Å². The molecule has 0 spiro atoms. The van der Waals surface area contributed by atoms with Gasteiger partial charge in [0.05, 0.1) is 5.97 Å². The number of aliphatic carboxylic acids is 1. The van der Waals surface area contributed by atoms with Gasteiger partial charge in [0.2, 0.25) is 0 Å². The zero-order valence-electron chi connectivity index (χ0n) is 13.9. The summed E-state index contributed by atoms with van der Waals surface area (Å²) >= 11 is 0. The van der Waals surface area contributed by atoms with Crippen LogP contribution in [0.2, 0.25) is 0 Å². The predicted octanol–water partition coefficient (Wildman–Crippen LogP) is 0.122. The minimum absolute atomic E-state index is 0. The molecule has 130 valence electrons. The maximum atomic E-state index is 14.0. The van der Waals surface area contributed by atoms with Crippen LogP contribution in [0.5, 0.6) is 5.75 Å². The summed E-state index contributed by atoms with van der Waals surface area (Å²) in [6.07, 6.45) is -4.33. The Labute approximate surface area is 168 Å². The molecule has 8 heteroatoms. The molecule has 2 aromatic rings. The van der Waals surface area contributed by atoms with E-state index in [1.54, 1.807) is 0 Å². The predicted molar refractivity (Wildman–Crippen MR) is 78.9 cm³/mol. The van der Waals surface area contributed by atoms with Crippen molar-refractivity contribution in [2.75, 3.05) is 0 Å². The average Bonchev–Trinajstić information content (AvgIpc) is 2.54. The second-order valence-electron chi connectivity index (χ2n) is 5.63. The summed E-state index contributed by atoms with van der Waals surface area (Å²) in [5.41, 5.74) is -4.89. The summed E-state index contributed by atoms with van der Waals surface area (Å²) < 4.78 is 61.2.